The number of carboxylic acids is 1. The Labute approximate surface area is 102 Å². The van der Waals surface area contributed by atoms with E-state index < -0.39 is 42.3 Å². The van der Waals surface area contributed by atoms with E-state index in [4.69, 9.17) is 10.2 Å². The number of aliphatic hydroxyl groups excluding tert-OH is 1. The average Bonchev–Trinajstić information content (AvgIpc) is 2.27. The molecule has 0 amide bonds. The monoisotopic (exact) mass is 275 g/mol. The molecule has 1 aromatic rings. The van der Waals surface area contributed by atoms with Gasteiger partial charge in [-0.3, -0.25) is 10.1 Å². The van der Waals surface area contributed by atoms with Crippen molar-refractivity contribution in [2.75, 3.05) is 0 Å². The smallest absolute Gasteiger partial charge is 0.335 e. The fourth-order valence-electron chi connectivity index (χ4n) is 1.22. The van der Waals surface area contributed by atoms with E-state index in [0.717, 1.165) is 19.1 Å². The molecule has 0 fully saturated rings. The van der Waals surface area contributed by atoms with E-state index in [1.807, 2.05) is 0 Å². The van der Waals surface area contributed by atoms with Gasteiger partial charge in [0.05, 0.1) is 10.5 Å². The number of rotatable bonds is 4. The van der Waals surface area contributed by atoms with Gasteiger partial charge in [0.1, 0.15) is 4.90 Å². The minimum atomic E-state index is -4.27. The number of carboxylic acid groups (broad SMARTS) is 1. The topological polar surface area (TPSA) is 135 Å². The molecule has 0 saturated heterocycles. The van der Waals surface area contributed by atoms with Gasteiger partial charge >= 0.3 is 5.97 Å². The van der Waals surface area contributed by atoms with Crippen LogP contribution in [0.5, 0.6) is 0 Å². The molecule has 1 unspecified atom stereocenters. The number of sulfone groups is 1. The molecular weight excluding hydrogens is 266 g/mol. The molecular formula is C9H9NO7S. The van der Waals surface area contributed by atoms with E-state index in [1.165, 1.54) is 0 Å². The summed E-state index contributed by atoms with van der Waals surface area (Å²) in [5.74, 6) is -1.42. The number of carbonyl (C=O) groups is 1. The van der Waals surface area contributed by atoms with Gasteiger partial charge in [0.2, 0.25) is 9.84 Å². The SMILES string of the molecule is CC(O)S(=O)(=O)c1ccc(C(=O)O)cc1[N+](=O)[O-]. The van der Waals surface area contributed by atoms with Crippen LogP contribution in [0.25, 0.3) is 0 Å². The van der Waals surface area contributed by atoms with E-state index in [-0.39, 0.29) is 0 Å². The Morgan fingerprint density at radius 2 is 2.00 bits per heavy atom. The Hall–Kier alpha value is -2.00. The van der Waals surface area contributed by atoms with Crippen LogP contribution in [0.1, 0.15) is 17.3 Å². The van der Waals surface area contributed by atoms with Gasteiger partial charge in [-0.1, -0.05) is 0 Å². The van der Waals surface area contributed by atoms with Gasteiger partial charge < -0.3 is 10.2 Å². The van der Waals surface area contributed by atoms with Gasteiger partial charge in [-0.15, -0.1) is 0 Å². The molecule has 0 radical (unpaired) electrons. The van der Waals surface area contributed by atoms with Crippen molar-refractivity contribution in [3.05, 3.63) is 33.9 Å². The van der Waals surface area contributed by atoms with Crippen LogP contribution in [0.3, 0.4) is 0 Å². The third-order valence-electron chi connectivity index (χ3n) is 2.16. The molecule has 0 aromatic heterocycles. The lowest BCUT2D eigenvalue weighted by atomic mass is 10.2. The van der Waals surface area contributed by atoms with Crippen molar-refractivity contribution in [1.82, 2.24) is 0 Å². The van der Waals surface area contributed by atoms with Gasteiger partial charge in [-0.05, 0) is 19.1 Å². The first-order valence-electron chi connectivity index (χ1n) is 4.61. The molecule has 9 heteroatoms. The molecule has 0 saturated carbocycles. The van der Waals surface area contributed by atoms with Crippen LogP contribution < -0.4 is 0 Å². The Kier molecular flexibility index (Phi) is 3.67. The summed E-state index contributed by atoms with van der Waals surface area (Å²) in [5, 5.41) is 28.5. The second kappa shape index (κ2) is 4.70. The highest BCUT2D eigenvalue weighted by molar-refractivity contribution is 7.92. The van der Waals surface area contributed by atoms with Crippen LogP contribution in [-0.2, 0) is 9.84 Å². The second-order valence-electron chi connectivity index (χ2n) is 3.39. The molecule has 0 aliphatic rings. The van der Waals surface area contributed by atoms with Gasteiger partial charge in [0.25, 0.3) is 5.69 Å². The fraction of sp³-hybridized carbons (Fsp3) is 0.222. The average molecular weight is 275 g/mol. The van der Waals surface area contributed by atoms with Crippen LogP contribution in [0.4, 0.5) is 5.69 Å². The molecule has 0 aliphatic heterocycles. The predicted molar refractivity (Wildman–Crippen MR) is 58.9 cm³/mol. The summed E-state index contributed by atoms with van der Waals surface area (Å²) in [6.07, 6.45) is 0. The third kappa shape index (κ3) is 2.46. The predicted octanol–water partition coefficient (Wildman–Crippen LogP) is 0.405. The summed E-state index contributed by atoms with van der Waals surface area (Å²) in [4.78, 5) is 19.7. The lowest BCUT2D eigenvalue weighted by Crippen LogP contribution is -2.18. The normalized spacial score (nSPS) is 13.0. The molecule has 18 heavy (non-hydrogen) atoms. The van der Waals surface area contributed by atoms with E-state index in [1.54, 1.807) is 0 Å². The zero-order valence-electron chi connectivity index (χ0n) is 9.10. The van der Waals surface area contributed by atoms with E-state index >= 15 is 0 Å². The molecule has 1 rings (SSSR count). The molecule has 0 bridgehead atoms. The lowest BCUT2D eigenvalue weighted by molar-refractivity contribution is -0.387. The van der Waals surface area contributed by atoms with Crippen LogP contribution in [-0.4, -0.2) is 35.0 Å². The molecule has 1 atom stereocenters. The second-order valence-corrected chi connectivity index (χ2v) is 5.60. The number of aromatic carboxylic acids is 1. The minimum absolute atomic E-state index is 0.411. The van der Waals surface area contributed by atoms with Crippen LogP contribution in [0.2, 0.25) is 0 Å². The Morgan fingerprint density at radius 1 is 1.44 bits per heavy atom. The number of hydrogen-bond acceptors (Lipinski definition) is 6. The molecule has 98 valence electrons. The van der Waals surface area contributed by atoms with Crippen molar-refractivity contribution in [1.29, 1.82) is 0 Å². The summed E-state index contributed by atoms with van der Waals surface area (Å²) in [7, 11) is -4.27. The van der Waals surface area contributed by atoms with Crippen molar-refractivity contribution in [3.63, 3.8) is 0 Å². The van der Waals surface area contributed by atoms with Crippen molar-refractivity contribution in [2.24, 2.45) is 0 Å². The van der Waals surface area contributed by atoms with E-state index in [2.05, 4.69) is 0 Å². The standard InChI is InChI=1S/C9H9NO7S/c1-5(11)18(16,17)8-3-2-6(9(12)13)4-7(8)10(14)15/h2-5,11H,1H3,(H,12,13). The quantitative estimate of drug-likeness (QED) is 0.599. The minimum Gasteiger partial charge on any atom is -0.478 e. The Bertz CT molecular complexity index is 605. The van der Waals surface area contributed by atoms with Crippen molar-refractivity contribution < 1.29 is 28.3 Å². The molecule has 0 spiro atoms. The van der Waals surface area contributed by atoms with Gasteiger partial charge in [-0.25, -0.2) is 13.2 Å². The van der Waals surface area contributed by atoms with Gasteiger partial charge in [0, 0.05) is 6.07 Å². The van der Waals surface area contributed by atoms with Gasteiger partial charge in [0.15, 0.2) is 5.44 Å². The van der Waals surface area contributed by atoms with Crippen LogP contribution in [0, 0.1) is 10.1 Å². The maximum absolute atomic E-state index is 11.6. The number of nitro benzene ring substituents is 1. The lowest BCUT2D eigenvalue weighted by Gasteiger charge is -2.07. The maximum atomic E-state index is 11.6. The molecule has 2 N–H and O–H groups in total. The van der Waals surface area contributed by atoms with Crippen LogP contribution >= 0.6 is 0 Å². The Morgan fingerprint density at radius 3 is 2.39 bits per heavy atom. The number of nitrogens with zero attached hydrogens (tertiary/aromatic N) is 1. The summed E-state index contributed by atoms with van der Waals surface area (Å²) >= 11 is 0. The summed E-state index contributed by atoms with van der Waals surface area (Å²) in [6, 6.07) is 2.35. The van der Waals surface area contributed by atoms with Crippen molar-refractivity contribution >= 4 is 21.5 Å². The number of nitro groups is 1. The highest BCUT2D eigenvalue weighted by atomic mass is 32.2. The van der Waals surface area contributed by atoms with Crippen molar-refractivity contribution in [3.8, 4) is 0 Å². The first kappa shape index (κ1) is 14.1. The summed E-state index contributed by atoms with van der Waals surface area (Å²) < 4.78 is 23.3. The fourth-order valence-corrected chi connectivity index (χ4v) is 2.27. The zero-order valence-corrected chi connectivity index (χ0v) is 9.92. The molecule has 1 aromatic carbocycles. The van der Waals surface area contributed by atoms with Gasteiger partial charge in [-0.2, -0.15) is 0 Å². The third-order valence-corrected chi connectivity index (χ3v) is 4.01. The highest BCUT2D eigenvalue weighted by Crippen LogP contribution is 2.27. The van der Waals surface area contributed by atoms with E-state index in [9.17, 15) is 23.3 Å². The van der Waals surface area contributed by atoms with E-state index in [0.29, 0.717) is 6.07 Å². The number of aliphatic hydroxyl groups is 1. The van der Waals surface area contributed by atoms with Crippen LogP contribution in [0.15, 0.2) is 23.1 Å². The maximum Gasteiger partial charge on any atom is 0.335 e. The first-order valence-corrected chi connectivity index (χ1v) is 6.16. The van der Waals surface area contributed by atoms with Crippen molar-refractivity contribution in [2.45, 2.75) is 17.3 Å². The zero-order chi connectivity index (χ0) is 14.1. The Balaban J connectivity index is 3.57. The summed E-state index contributed by atoms with van der Waals surface area (Å²) in [5.41, 5.74) is -3.12. The number of hydrogen-bond donors (Lipinski definition) is 2. The first-order chi connectivity index (χ1) is 8.17. The molecule has 8 nitrogen and oxygen atoms in total. The molecule has 0 aliphatic carbocycles. The molecule has 0 heterocycles. The summed E-state index contributed by atoms with van der Waals surface area (Å²) in [6.45, 7) is 0.949. The largest absolute Gasteiger partial charge is 0.478 e. The number of benzene rings is 1. The highest BCUT2D eigenvalue weighted by Gasteiger charge is 2.30.